The highest BCUT2D eigenvalue weighted by Gasteiger charge is 2.25. The summed E-state index contributed by atoms with van der Waals surface area (Å²) in [5.74, 6) is 4.86. The Labute approximate surface area is 179 Å². The van der Waals surface area contributed by atoms with Crippen LogP contribution in [0.5, 0.6) is 17.2 Å². The minimum absolute atomic E-state index is 0.121. The van der Waals surface area contributed by atoms with Gasteiger partial charge in [-0.15, -0.1) is 0 Å². The SMILES string of the molecule is COc1cccc(OC)c1OC1CCN(c2cc(N3CCCC(C)C3)ncn2)CC1. The van der Waals surface area contributed by atoms with Crippen LogP contribution in [0.15, 0.2) is 30.6 Å². The van der Waals surface area contributed by atoms with Crippen molar-refractivity contribution >= 4 is 11.6 Å². The number of aromatic nitrogens is 2. The summed E-state index contributed by atoms with van der Waals surface area (Å²) in [6.45, 7) is 6.27. The highest BCUT2D eigenvalue weighted by atomic mass is 16.5. The van der Waals surface area contributed by atoms with Gasteiger partial charge in [0.05, 0.1) is 14.2 Å². The van der Waals surface area contributed by atoms with Gasteiger partial charge in [0.15, 0.2) is 11.5 Å². The standard InChI is InChI=1S/C23H32N4O3/c1-17-6-5-11-27(15-17)22-14-21(24-16-25-22)26-12-9-18(10-13-26)30-23-19(28-2)7-4-8-20(23)29-3/h4,7-8,14,16-18H,5-6,9-13,15H2,1-3H3. The molecule has 2 aliphatic heterocycles. The van der Waals surface area contributed by atoms with Gasteiger partial charge in [0.1, 0.15) is 24.1 Å². The third-order valence-corrected chi connectivity index (χ3v) is 6.05. The van der Waals surface area contributed by atoms with Gasteiger partial charge in [-0.1, -0.05) is 13.0 Å². The van der Waals surface area contributed by atoms with E-state index in [1.165, 1.54) is 12.8 Å². The van der Waals surface area contributed by atoms with E-state index in [2.05, 4.69) is 32.8 Å². The van der Waals surface area contributed by atoms with Crippen LogP contribution in [-0.2, 0) is 0 Å². The number of rotatable bonds is 6. The van der Waals surface area contributed by atoms with Crippen LogP contribution >= 0.6 is 0 Å². The second kappa shape index (κ2) is 9.41. The summed E-state index contributed by atoms with van der Waals surface area (Å²) in [5, 5.41) is 0. The van der Waals surface area contributed by atoms with E-state index in [9.17, 15) is 0 Å². The summed E-state index contributed by atoms with van der Waals surface area (Å²) in [5.41, 5.74) is 0. The minimum atomic E-state index is 0.121. The maximum Gasteiger partial charge on any atom is 0.203 e. The van der Waals surface area contributed by atoms with Crippen LogP contribution in [0.25, 0.3) is 0 Å². The van der Waals surface area contributed by atoms with Crippen molar-refractivity contribution in [1.82, 2.24) is 9.97 Å². The van der Waals surface area contributed by atoms with E-state index in [1.54, 1.807) is 20.5 Å². The van der Waals surface area contributed by atoms with Crippen molar-refractivity contribution in [3.8, 4) is 17.2 Å². The van der Waals surface area contributed by atoms with Crippen molar-refractivity contribution in [2.75, 3.05) is 50.2 Å². The quantitative estimate of drug-likeness (QED) is 0.716. The second-order valence-electron chi connectivity index (χ2n) is 8.22. The van der Waals surface area contributed by atoms with Crippen molar-refractivity contribution in [3.63, 3.8) is 0 Å². The molecule has 0 aliphatic carbocycles. The van der Waals surface area contributed by atoms with Crippen molar-refractivity contribution in [2.24, 2.45) is 5.92 Å². The number of hydrogen-bond acceptors (Lipinski definition) is 7. The van der Waals surface area contributed by atoms with Gasteiger partial charge in [-0.3, -0.25) is 0 Å². The Balaban J connectivity index is 1.39. The molecule has 1 atom stereocenters. The molecule has 1 aromatic carbocycles. The Morgan fingerprint density at radius 3 is 2.20 bits per heavy atom. The fourth-order valence-corrected chi connectivity index (χ4v) is 4.38. The molecule has 30 heavy (non-hydrogen) atoms. The first-order valence-electron chi connectivity index (χ1n) is 10.9. The Morgan fingerprint density at radius 2 is 1.57 bits per heavy atom. The third kappa shape index (κ3) is 4.55. The molecule has 2 aromatic rings. The van der Waals surface area contributed by atoms with Crippen LogP contribution < -0.4 is 24.0 Å². The number of hydrogen-bond donors (Lipinski definition) is 0. The molecule has 3 heterocycles. The van der Waals surface area contributed by atoms with Crippen molar-refractivity contribution in [3.05, 3.63) is 30.6 Å². The zero-order valence-electron chi connectivity index (χ0n) is 18.2. The van der Waals surface area contributed by atoms with Gasteiger partial charge in [0, 0.05) is 45.1 Å². The van der Waals surface area contributed by atoms with Gasteiger partial charge in [0.25, 0.3) is 0 Å². The second-order valence-corrected chi connectivity index (χ2v) is 8.22. The molecule has 0 N–H and O–H groups in total. The van der Waals surface area contributed by atoms with Crippen LogP contribution in [-0.4, -0.2) is 56.5 Å². The molecule has 2 aliphatic rings. The fraction of sp³-hybridized carbons (Fsp3) is 0.565. The summed E-state index contributed by atoms with van der Waals surface area (Å²) >= 11 is 0. The van der Waals surface area contributed by atoms with E-state index in [-0.39, 0.29) is 6.10 Å². The molecule has 0 spiro atoms. The van der Waals surface area contributed by atoms with Crippen LogP contribution in [0, 0.1) is 5.92 Å². The third-order valence-electron chi connectivity index (χ3n) is 6.05. The molecule has 4 rings (SSSR count). The topological polar surface area (TPSA) is 60.0 Å². The van der Waals surface area contributed by atoms with Gasteiger partial charge in [0.2, 0.25) is 5.75 Å². The average molecular weight is 413 g/mol. The van der Waals surface area contributed by atoms with Crippen LogP contribution in [0.1, 0.15) is 32.6 Å². The Hall–Kier alpha value is -2.70. The molecule has 0 bridgehead atoms. The lowest BCUT2D eigenvalue weighted by atomic mass is 10.0. The lowest BCUT2D eigenvalue weighted by molar-refractivity contribution is 0.158. The predicted octanol–water partition coefficient (Wildman–Crippen LogP) is 3.78. The monoisotopic (exact) mass is 412 g/mol. The van der Waals surface area contributed by atoms with Crippen LogP contribution in [0.4, 0.5) is 11.6 Å². The van der Waals surface area contributed by atoms with E-state index in [1.807, 2.05) is 18.2 Å². The minimum Gasteiger partial charge on any atom is -0.493 e. The molecule has 2 fully saturated rings. The van der Waals surface area contributed by atoms with E-state index < -0.39 is 0 Å². The summed E-state index contributed by atoms with van der Waals surface area (Å²) in [6.07, 6.45) is 6.19. The molecule has 0 radical (unpaired) electrons. The van der Waals surface area contributed by atoms with Crippen molar-refractivity contribution in [1.29, 1.82) is 0 Å². The molecular formula is C23H32N4O3. The van der Waals surface area contributed by atoms with Gasteiger partial charge >= 0.3 is 0 Å². The summed E-state index contributed by atoms with van der Waals surface area (Å²) in [7, 11) is 3.31. The average Bonchev–Trinajstić information content (AvgIpc) is 2.80. The highest BCUT2D eigenvalue weighted by Crippen LogP contribution is 2.38. The van der Waals surface area contributed by atoms with Gasteiger partial charge < -0.3 is 24.0 Å². The lowest BCUT2D eigenvalue weighted by Crippen LogP contribution is -2.39. The number of methoxy groups -OCH3 is 2. The van der Waals surface area contributed by atoms with E-state index in [0.717, 1.165) is 56.6 Å². The van der Waals surface area contributed by atoms with Crippen LogP contribution in [0.2, 0.25) is 0 Å². The zero-order chi connectivity index (χ0) is 20.9. The molecule has 162 valence electrons. The molecule has 1 unspecified atom stereocenters. The number of anilines is 2. The normalized spacial score (nSPS) is 20.2. The van der Waals surface area contributed by atoms with Gasteiger partial charge in [-0.05, 0) is 30.9 Å². The number of para-hydroxylation sites is 1. The Morgan fingerprint density at radius 1 is 0.900 bits per heavy atom. The smallest absolute Gasteiger partial charge is 0.203 e. The van der Waals surface area contributed by atoms with Crippen molar-refractivity contribution < 1.29 is 14.2 Å². The first kappa shape index (κ1) is 20.6. The zero-order valence-corrected chi connectivity index (χ0v) is 18.2. The van der Waals surface area contributed by atoms with Crippen molar-refractivity contribution in [2.45, 2.75) is 38.7 Å². The van der Waals surface area contributed by atoms with Crippen LogP contribution in [0.3, 0.4) is 0 Å². The summed E-state index contributed by atoms with van der Waals surface area (Å²) < 4.78 is 17.2. The summed E-state index contributed by atoms with van der Waals surface area (Å²) in [6, 6.07) is 7.85. The highest BCUT2D eigenvalue weighted by molar-refractivity contribution is 5.52. The first-order chi connectivity index (χ1) is 14.7. The predicted molar refractivity (Wildman–Crippen MR) is 118 cm³/mol. The largest absolute Gasteiger partial charge is 0.493 e. The molecular weight excluding hydrogens is 380 g/mol. The Kier molecular flexibility index (Phi) is 6.45. The Bertz CT molecular complexity index is 817. The molecule has 7 nitrogen and oxygen atoms in total. The van der Waals surface area contributed by atoms with Gasteiger partial charge in [-0.2, -0.15) is 0 Å². The molecule has 2 saturated heterocycles. The molecule has 1 aromatic heterocycles. The number of ether oxygens (including phenoxy) is 3. The van der Waals surface area contributed by atoms with E-state index >= 15 is 0 Å². The van der Waals surface area contributed by atoms with E-state index in [4.69, 9.17) is 14.2 Å². The van der Waals surface area contributed by atoms with E-state index in [0.29, 0.717) is 17.2 Å². The molecule has 0 amide bonds. The first-order valence-corrected chi connectivity index (χ1v) is 10.9. The molecule has 0 saturated carbocycles. The summed E-state index contributed by atoms with van der Waals surface area (Å²) in [4.78, 5) is 13.8. The fourth-order valence-electron chi connectivity index (χ4n) is 4.38. The maximum atomic E-state index is 6.30. The number of nitrogens with zero attached hydrogens (tertiary/aromatic N) is 4. The van der Waals surface area contributed by atoms with Gasteiger partial charge in [-0.25, -0.2) is 9.97 Å². The number of benzene rings is 1. The number of piperidine rings is 2. The molecule has 7 heteroatoms. The lowest BCUT2D eigenvalue weighted by Gasteiger charge is -2.35. The maximum absolute atomic E-state index is 6.30.